The summed E-state index contributed by atoms with van der Waals surface area (Å²) < 4.78 is 5.79. The van der Waals surface area contributed by atoms with Gasteiger partial charge in [-0.05, 0) is 42.5 Å². The van der Waals surface area contributed by atoms with Gasteiger partial charge in [0.05, 0.1) is 6.10 Å². The van der Waals surface area contributed by atoms with Crippen molar-refractivity contribution < 1.29 is 14.6 Å². The molecule has 158 valence electrons. The van der Waals surface area contributed by atoms with E-state index in [2.05, 4.69) is 12.2 Å². The van der Waals surface area contributed by atoms with Crippen molar-refractivity contribution in [3.05, 3.63) is 65.7 Å². The molecule has 1 amide bonds. The molecule has 0 fully saturated rings. The van der Waals surface area contributed by atoms with E-state index in [1.54, 1.807) is 0 Å². The first-order chi connectivity index (χ1) is 14.0. The molecule has 0 bridgehead atoms. The van der Waals surface area contributed by atoms with Crippen molar-refractivity contribution >= 4 is 5.91 Å². The Morgan fingerprint density at radius 1 is 1.10 bits per heavy atom. The van der Waals surface area contributed by atoms with Crippen molar-refractivity contribution in [2.75, 3.05) is 6.54 Å². The molecule has 4 N–H and O–H groups in total. The van der Waals surface area contributed by atoms with E-state index in [4.69, 9.17) is 10.5 Å². The van der Waals surface area contributed by atoms with Crippen LogP contribution in [0.2, 0.25) is 0 Å². The van der Waals surface area contributed by atoms with Crippen molar-refractivity contribution in [1.29, 1.82) is 0 Å². The number of nitrogens with one attached hydrogen (secondary N) is 1. The normalized spacial score (nSPS) is 14.1. The van der Waals surface area contributed by atoms with Gasteiger partial charge in [-0.3, -0.25) is 4.79 Å². The molecule has 0 aliphatic rings. The molecule has 5 nitrogen and oxygen atoms in total. The SMILES string of the molecule is CCCCNC(=O)[C@H](C)C[C@H](O)[C@@H](N)Cc1ccc(OCc2ccccc2)cc1. The van der Waals surface area contributed by atoms with Crippen molar-refractivity contribution in [3.8, 4) is 5.75 Å². The fourth-order valence-corrected chi connectivity index (χ4v) is 3.08. The van der Waals surface area contributed by atoms with Gasteiger partial charge >= 0.3 is 0 Å². The first-order valence-electron chi connectivity index (χ1n) is 10.5. The summed E-state index contributed by atoms with van der Waals surface area (Å²) in [5, 5.41) is 13.3. The predicted molar refractivity (Wildman–Crippen MR) is 117 cm³/mol. The number of nitrogens with two attached hydrogens (primary N) is 1. The second-order valence-corrected chi connectivity index (χ2v) is 7.63. The third-order valence-electron chi connectivity index (χ3n) is 5.01. The molecule has 2 aromatic carbocycles. The van der Waals surface area contributed by atoms with Gasteiger partial charge in [0.1, 0.15) is 12.4 Å². The molecule has 29 heavy (non-hydrogen) atoms. The fraction of sp³-hybridized carbons (Fsp3) is 0.458. The summed E-state index contributed by atoms with van der Waals surface area (Å²) in [6.07, 6.45) is 2.18. The minimum atomic E-state index is -0.726. The average molecular weight is 399 g/mol. The van der Waals surface area contributed by atoms with E-state index >= 15 is 0 Å². The lowest BCUT2D eigenvalue weighted by molar-refractivity contribution is -0.125. The molecule has 0 spiro atoms. The first kappa shape index (κ1) is 22.9. The van der Waals surface area contributed by atoms with Crippen LogP contribution in [0.5, 0.6) is 5.75 Å². The van der Waals surface area contributed by atoms with Gasteiger partial charge in [0, 0.05) is 18.5 Å². The van der Waals surface area contributed by atoms with Gasteiger partial charge in [-0.25, -0.2) is 0 Å². The highest BCUT2D eigenvalue weighted by atomic mass is 16.5. The van der Waals surface area contributed by atoms with Crippen LogP contribution >= 0.6 is 0 Å². The predicted octanol–water partition coefficient (Wildman–Crippen LogP) is 3.44. The quantitative estimate of drug-likeness (QED) is 0.478. The van der Waals surface area contributed by atoms with E-state index in [1.165, 1.54) is 0 Å². The number of hydrogen-bond donors (Lipinski definition) is 3. The van der Waals surface area contributed by atoms with E-state index in [-0.39, 0.29) is 11.8 Å². The van der Waals surface area contributed by atoms with Gasteiger partial charge in [0.25, 0.3) is 0 Å². The smallest absolute Gasteiger partial charge is 0.222 e. The van der Waals surface area contributed by atoms with Gasteiger partial charge < -0.3 is 20.9 Å². The van der Waals surface area contributed by atoms with E-state index in [1.807, 2.05) is 61.5 Å². The molecule has 0 radical (unpaired) electrons. The number of carbonyl (C=O) groups excluding carboxylic acids is 1. The maximum Gasteiger partial charge on any atom is 0.222 e. The Hall–Kier alpha value is -2.37. The van der Waals surface area contributed by atoms with E-state index in [0.717, 1.165) is 29.7 Å². The zero-order valence-electron chi connectivity index (χ0n) is 17.5. The number of benzene rings is 2. The van der Waals surface area contributed by atoms with Crippen LogP contribution in [0, 0.1) is 5.92 Å². The molecule has 0 saturated carbocycles. The van der Waals surface area contributed by atoms with Crippen LogP contribution in [-0.2, 0) is 17.8 Å². The van der Waals surface area contributed by atoms with Crippen molar-refractivity contribution in [3.63, 3.8) is 0 Å². The number of aliphatic hydroxyl groups is 1. The first-order valence-corrected chi connectivity index (χ1v) is 10.5. The van der Waals surface area contributed by atoms with E-state index in [0.29, 0.717) is 26.0 Å². The van der Waals surface area contributed by atoms with Gasteiger partial charge in [-0.1, -0.05) is 62.7 Å². The second-order valence-electron chi connectivity index (χ2n) is 7.63. The summed E-state index contributed by atoms with van der Waals surface area (Å²) in [6.45, 7) is 5.12. The number of hydrogen-bond acceptors (Lipinski definition) is 4. The van der Waals surface area contributed by atoms with Gasteiger partial charge in [0.15, 0.2) is 0 Å². The molecule has 3 atom stereocenters. The maximum atomic E-state index is 12.1. The van der Waals surface area contributed by atoms with Crippen LogP contribution < -0.4 is 15.8 Å². The monoisotopic (exact) mass is 398 g/mol. The molecule has 0 aliphatic carbocycles. The number of amides is 1. The van der Waals surface area contributed by atoms with Gasteiger partial charge in [-0.15, -0.1) is 0 Å². The minimum absolute atomic E-state index is 0.0235. The summed E-state index contributed by atoms with van der Waals surface area (Å²) in [4.78, 5) is 12.1. The molecular formula is C24H34N2O3. The molecule has 0 heterocycles. The van der Waals surface area contributed by atoms with Crippen LogP contribution in [0.25, 0.3) is 0 Å². The highest BCUT2D eigenvalue weighted by Gasteiger charge is 2.22. The highest BCUT2D eigenvalue weighted by Crippen LogP contribution is 2.17. The summed E-state index contributed by atoms with van der Waals surface area (Å²) in [5.74, 6) is 0.510. The number of ether oxygens (including phenoxy) is 1. The fourth-order valence-electron chi connectivity index (χ4n) is 3.08. The lowest BCUT2D eigenvalue weighted by Gasteiger charge is -2.22. The molecule has 0 aliphatic heterocycles. The Kier molecular flexibility index (Phi) is 9.68. The summed E-state index contributed by atoms with van der Waals surface area (Å²) >= 11 is 0. The largest absolute Gasteiger partial charge is 0.489 e. The van der Waals surface area contributed by atoms with Crippen LogP contribution in [0.4, 0.5) is 0 Å². The molecule has 2 aromatic rings. The molecule has 0 saturated heterocycles. The van der Waals surface area contributed by atoms with Crippen LogP contribution in [0.15, 0.2) is 54.6 Å². The Morgan fingerprint density at radius 3 is 2.45 bits per heavy atom. The minimum Gasteiger partial charge on any atom is -0.489 e. The molecule has 0 aromatic heterocycles. The number of carbonyl (C=O) groups is 1. The Bertz CT molecular complexity index is 719. The highest BCUT2D eigenvalue weighted by molar-refractivity contribution is 5.78. The van der Waals surface area contributed by atoms with Gasteiger partial charge in [0.2, 0.25) is 5.91 Å². The molecule has 0 unspecified atom stereocenters. The second kappa shape index (κ2) is 12.2. The van der Waals surface area contributed by atoms with Gasteiger partial charge in [-0.2, -0.15) is 0 Å². The third kappa shape index (κ3) is 8.26. The van der Waals surface area contributed by atoms with E-state index in [9.17, 15) is 9.90 Å². The zero-order valence-corrected chi connectivity index (χ0v) is 17.5. The lowest BCUT2D eigenvalue weighted by Crippen LogP contribution is -2.40. The van der Waals surface area contributed by atoms with Crippen LogP contribution in [0.1, 0.15) is 44.2 Å². The van der Waals surface area contributed by atoms with Crippen molar-refractivity contribution in [1.82, 2.24) is 5.32 Å². The standard InChI is InChI=1S/C24H34N2O3/c1-3-4-14-26-24(28)18(2)15-23(27)22(25)16-19-10-12-21(13-11-19)29-17-20-8-6-5-7-9-20/h5-13,18,22-23,27H,3-4,14-17,25H2,1-2H3,(H,26,28)/t18-,22+,23+/m1/s1. The Balaban J connectivity index is 1.77. The summed E-state index contributed by atoms with van der Waals surface area (Å²) in [6, 6.07) is 17.4. The van der Waals surface area contributed by atoms with Crippen molar-refractivity contribution in [2.45, 2.75) is 58.3 Å². The summed E-state index contributed by atoms with van der Waals surface area (Å²) in [5.41, 5.74) is 8.33. The van der Waals surface area contributed by atoms with Crippen LogP contribution in [0.3, 0.4) is 0 Å². The number of aliphatic hydroxyl groups excluding tert-OH is 1. The summed E-state index contributed by atoms with van der Waals surface area (Å²) in [7, 11) is 0. The zero-order chi connectivity index (χ0) is 21.1. The Morgan fingerprint density at radius 2 is 1.79 bits per heavy atom. The topological polar surface area (TPSA) is 84.6 Å². The third-order valence-corrected chi connectivity index (χ3v) is 5.01. The average Bonchev–Trinajstić information content (AvgIpc) is 2.74. The molecule has 5 heteroatoms. The number of rotatable bonds is 12. The lowest BCUT2D eigenvalue weighted by atomic mass is 9.94. The van der Waals surface area contributed by atoms with E-state index < -0.39 is 12.1 Å². The van der Waals surface area contributed by atoms with Crippen LogP contribution in [-0.4, -0.2) is 29.7 Å². The number of unbranched alkanes of at least 4 members (excludes halogenated alkanes) is 1. The Labute approximate surface area is 174 Å². The molecular weight excluding hydrogens is 364 g/mol. The maximum absolute atomic E-state index is 12.1. The molecule has 2 rings (SSSR count). The van der Waals surface area contributed by atoms with Crippen molar-refractivity contribution in [2.24, 2.45) is 11.7 Å².